The van der Waals surface area contributed by atoms with E-state index in [1.165, 1.54) is 13.2 Å². The van der Waals surface area contributed by atoms with Gasteiger partial charge in [0.05, 0.1) is 4.48 Å². The van der Waals surface area contributed by atoms with Crippen molar-refractivity contribution in [2.45, 2.75) is 0 Å². The molecule has 0 saturated heterocycles. The van der Waals surface area contributed by atoms with Gasteiger partial charge < -0.3 is 0 Å². The molecule has 1 aliphatic rings. The Morgan fingerprint density at radius 3 is 2.73 bits per heavy atom. The van der Waals surface area contributed by atoms with Crippen LogP contribution in [0.5, 0.6) is 0 Å². The van der Waals surface area contributed by atoms with Crippen LogP contribution in [0.1, 0.15) is 0 Å². The van der Waals surface area contributed by atoms with Gasteiger partial charge >= 0.3 is 10.2 Å². The second kappa shape index (κ2) is 2.49. The predicted molar refractivity (Wildman–Crippen MR) is 44.6 cm³/mol. The summed E-state index contributed by atoms with van der Waals surface area (Å²) in [6.07, 6.45) is 1.22. The fraction of sp³-hybridized carbons (Fsp3) is 0.250. The third kappa shape index (κ3) is 1.38. The minimum Gasteiger partial charge on any atom is -0.283 e. The topological polar surface area (TPSA) is 73.3 Å². The maximum absolute atomic E-state index is 10.9. The summed E-state index contributed by atoms with van der Waals surface area (Å²) >= 11 is 3.01. The Labute approximate surface area is 72.9 Å². The third-order valence-electron chi connectivity index (χ3n) is 1.24. The molecule has 0 aliphatic carbocycles. The zero-order chi connectivity index (χ0) is 8.65. The van der Waals surface area contributed by atoms with E-state index in [9.17, 15) is 8.42 Å². The van der Waals surface area contributed by atoms with Crippen molar-refractivity contribution >= 4 is 32.0 Å². The molecule has 0 saturated carbocycles. The Balaban J connectivity index is 3.15. The number of rotatable bonds is 0. The SMILES string of the molecule is CN1C(=N)C(Br)=CNS1(=O)=O. The standard InChI is InChI=1S/C4H6BrN3O2S/c1-8-4(6)3(5)2-7-11(8,9)10/h2,6-7H,1H3. The van der Waals surface area contributed by atoms with Crippen molar-refractivity contribution in [3.63, 3.8) is 0 Å². The van der Waals surface area contributed by atoms with E-state index in [4.69, 9.17) is 5.41 Å². The van der Waals surface area contributed by atoms with Crippen LogP contribution in [0.2, 0.25) is 0 Å². The Bertz CT molecular complexity index is 320. The van der Waals surface area contributed by atoms with Gasteiger partial charge in [0.1, 0.15) is 0 Å². The first-order chi connectivity index (χ1) is 4.95. The summed E-state index contributed by atoms with van der Waals surface area (Å²) in [5.41, 5.74) is 0. The largest absolute Gasteiger partial charge is 0.324 e. The number of hydrogen-bond acceptors (Lipinski definition) is 3. The molecular formula is C4H6BrN3O2S. The molecule has 0 radical (unpaired) electrons. The number of halogens is 1. The van der Waals surface area contributed by atoms with Gasteiger partial charge in [0.15, 0.2) is 5.84 Å². The average molecular weight is 240 g/mol. The highest BCUT2D eigenvalue weighted by Crippen LogP contribution is 2.14. The number of hydrogen-bond donors (Lipinski definition) is 2. The summed E-state index contributed by atoms with van der Waals surface area (Å²) in [4.78, 5) is 0. The quantitative estimate of drug-likeness (QED) is 0.624. The van der Waals surface area contributed by atoms with E-state index in [-0.39, 0.29) is 5.84 Å². The molecule has 0 aromatic rings. The Hall–Kier alpha value is -0.560. The summed E-state index contributed by atoms with van der Waals surface area (Å²) in [5.74, 6) is -0.0799. The summed E-state index contributed by atoms with van der Waals surface area (Å²) in [7, 11) is -2.19. The molecule has 11 heavy (non-hydrogen) atoms. The van der Waals surface area contributed by atoms with Crippen LogP contribution in [0.3, 0.4) is 0 Å². The van der Waals surface area contributed by atoms with E-state index in [0.29, 0.717) is 4.48 Å². The lowest BCUT2D eigenvalue weighted by Gasteiger charge is -2.23. The van der Waals surface area contributed by atoms with Gasteiger partial charge in [-0.1, -0.05) is 0 Å². The molecule has 5 nitrogen and oxygen atoms in total. The molecule has 7 heteroatoms. The van der Waals surface area contributed by atoms with E-state index in [1.807, 2.05) is 0 Å². The molecule has 0 aromatic carbocycles. The Kier molecular flexibility index (Phi) is 1.93. The van der Waals surface area contributed by atoms with Crippen LogP contribution < -0.4 is 4.72 Å². The smallest absolute Gasteiger partial charge is 0.283 e. The van der Waals surface area contributed by atoms with Crippen molar-refractivity contribution < 1.29 is 8.42 Å². The first kappa shape index (κ1) is 8.54. The van der Waals surface area contributed by atoms with E-state index in [2.05, 4.69) is 20.7 Å². The third-order valence-corrected chi connectivity index (χ3v) is 3.16. The minimum atomic E-state index is -3.49. The number of nitrogens with one attached hydrogen (secondary N) is 2. The molecule has 0 amide bonds. The van der Waals surface area contributed by atoms with Crippen molar-refractivity contribution in [1.82, 2.24) is 9.03 Å². The van der Waals surface area contributed by atoms with Crippen LogP contribution >= 0.6 is 15.9 Å². The fourth-order valence-corrected chi connectivity index (χ4v) is 1.96. The van der Waals surface area contributed by atoms with Gasteiger partial charge in [-0.25, -0.2) is 4.31 Å². The molecule has 2 N–H and O–H groups in total. The Morgan fingerprint density at radius 2 is 2.27 bits per heavy atom. The molecule has 1 rings (SSSR count). The summed E-state index contributed by atoms with van der Waals surface area (Å²) in [6.45, 7) is 0. The molecule has 0 bridgehead atoms. The van der Waals surface area contributed by atoms with Gasteiger partial charge in [0.25, 0.3) is 0 Å². The number of likely N-dealkylation sites (N-methyl/N-ethyl adjacent to an activating group) is 1. The maximum Gasteiger partial charge on any atom is 0.324 e. The molecule has 62 valence electrons. The summed E-state index contributed by atoms with van der Waals surface area (Å²) < 4.78 is 25.3. The van der Waals surface area contributed by atoms with Crippen LogP contribution in [-0.4, -0.2) is 25.6 Å². The van der Waals surface area contributed by atoms with Crippen LogP contribution in [0.25, 0.3) is 0 Å². The molecule has 0 unspecified atom stereocenters. The predicted octanol–water partition coefficient (Wildman–Crippen LogP) is -0.0202. The molecule has 0 fully saturated rings. The minimum absolute atomic E-state index is 0.0799. The maximum atomic E-state index is 10.9. The van der Waals surface area contributed by atoms with Gasteiger partial charge in [0.2, 0.25) is 0 Å². The van der Waals surface area contributed by atoms with Gasteiger partial charge in [-0.05, 0) is 15.9 Å². The van der Waals surface area contributed by atoms with Gasteiger partial charge in [-0.2, -0.15) is 8.42 Å². The zero-order valence-electron chi connectivity index (χ0n) is 5.63. The monoisotopic (exact) mass is 239 g/mol. The summed E-state index contributed by atoms with van der Waals surface area (Å²) in [5, 5.41) is 7.25. The highest BCUT2D eigenvalue weighted by Gasteiger charge is 2.25. The summed E-state index contributed by atoms with van der Waals surface area (Å²) in [6, 6.07) is 0. The van der Waals surface area contributed by atoms with E-state index >= 15 is 0 Å². The van der Waals surface area contributed by atoms with Crippen molar-refractivity contribution in [2.24, 2.45) is 0 Å². The highest BCUT2D eigenvalue weighted by molar-refractivity contribution is 9.12. The van der Waals surface area contributed by atoms with Crippen molar-refractivity contribution in [3.05, 3.63) is 10.7 Å². The van der Waals surface area contributed by atoms with E-state index < -0.39 is 10.2 Å². The van der Waals surface area contributed by atoms with Gasteiger partial charge in [-0.15, -0.1) is 0 Å². The molecule has 1 heterocycles. The molecule has 1 aliphatic heterocycles. The van der Waals surface area contributed by atoms with Crippen LogP contribution in [0, 0.1) is 5.41 Å². The normalized spacial score (nSPS) is 22.5. The number of amidine groups is 1. The lowest BCUT2D eigenvalue weighted by atomic mass is 10.5. The Morgan fingerprint density at radius 1 is 1.73 bits per heavy atom. The van der Waals surface area contributed by atoms with Crippen molar-refractivity contribution in [1.29, 1.82) is 5.41 Å². The second-order valence-corrected chi connectivity index (χ2v) is 4.52. The fourth-order valence-electron chi connectivity index (χ4n) is 0.544. The van der Waals surface area contributed by atoms with Gasteiger partial charge in [0, 0.05) is 13.2 Å². The zero-order valence-corrected chi connectivity index (χ0v) is 8.03. The van der Waals surface area contributed by atoms with E-state index in [1.54, 1.807) is 0 Å². The number of nitrogens with zero attached hydrogens (tertiary/aromatic N) is 1. The molecule has 0 spiro atoms. The van der Waals surface area contributed by atoms with Crippen molar-refractivity contribution in [2.75, 3.05) is 7.05 Å². The first-order valence-corrected chi connectivity index (χ1v) is 4.89. The van der Waals surface area contributed by atoms with Crippen LogP contribution in [-0.2, 0) is 10.2 Å². The average Bonchev–Trinajstić information content (AvgIpc) is 1.95. The van der Waals surface area contributed by atoms with Gasteiger partial charge in [-0.3, -0.25) is 10.1 Å². The molecular weight excluding hydrogens is 234 g/mol. The van der Waals surface area contributed by atoms with E-state index in [0.717, 1.165) is 4.31 Å². The first-order valence-electron chi connectivity index (χ1n) is 2.66. The second-order valence-electron chi connectivity index (χ2n) is 1.93. The van der Waals surface area contributed by atoms with Crippen LogP contribution in [0.4, 0.5) is 0 Å². The molecule has 0 aromatic heterocycles. The lowest BCUT2D eigenvalue weighted by molar-refractivity contribution is 0.543. The van der Waals surface area contributed by atoms with Crippen LogP contribution in [0.15, 0.2) is 10.7 Å². The lowest BCUT2D eigenvalue weighted by Crippen LogP contribution is -2.43. The molecule has 0 atom stereocenters. The van der Waals surface area contributed by atoms with Crippen molar-refractivity contribution in [3.8, 4) is 0 Å². The highest BCUT2D eigenvalue weighted by atomic mass is 79.9.